The van der Waals surface area contributed by atoms with Gasteiger partial charge in [-0.3, -0.25) is 4.79 Å². The second-order valence-electron chi connectivity index (χ2n) is 9.35. The molecule has 1 saturated heterocycles. The van der Waals surface area contributed by atoms with Crippen LogP contribution in [0.2, 0.25) is 0 Å². The Bertz CT molecular complexity index is 544. The summed E-state index contributed by atoms with van der Waals surface area (Å²) in [6.07, 6.45) is 4.89. The Balaban J connectivity index is 1.76. The lowest BCUT2D eigenvalue weighted by Gasteiger charge is -2.35. The van der Waals surface area contributed by atoms with E-state index in [9.17, 15) is 14.7 Å². The van der Waals surface area contributed by atoms with Gasteiger partial charge in [0, 0.05) is 6.54 Å². The molecular weight excluding hydrogens is 319 g/mol. The van der Waals surface area contributed by atoms with Gasteiger partial charge in [-0.05, 0) is 48.3 Å². The Kier molecular flexibility index (Phi) is 5.03. The molecule has 3 N–H and O–H groups in total. The van der Waals surface area contributed by atoms with Crippen molar-refractivity contribution in [2.24, 2.45) is 34.3 Å². The largest absolute Gasteiger partial charge is 0.419 e. The number of fused-ring (bicyclic) bond motifs is 1. The maximum atomic E-state index is 13.3. The van der Waals surface area contributed by atoms with Crippen molar-refractivity contribution in [2.75, 3.05) is 19.9 Å². The molecule has 3 fully saturated rings. The molecule has 4 atom stereocenters. The summed E-state index contributed by atoms with van der Waals surface area (Å²) in [7, 11) is -0.141. The first-order valence-electron chi connectivity index (χ1n) is 9.44. The molecule has 3 rings (SSSR count). The van der Waals surface area contributed by atoms with Gasteiger partial charge in [-0.25, -0.2) is 0 Å². The van der Waals surface area contributed by atoms with Crippen LogP contribution in [0, 0.1) is 28.6 Å². The number of aliphatic hydroxyl groups is 1. The lowest BCUT2D eigenvalue weighted by atomic mass is 9.69. The highest BCUT2D eigenvalue weighted by Gasteiger charge is 2.59. The summed E-state index contributed by atoms with van der Waals surface area (Å²) in [5.74, 6) is -0.0645. The summed E-state index contributed by atoms with van der Waals surface area (Å²) in [5, 5.41) is 9.97. The smallest absolute Gasteiger partial charge is 0.353 e. The van der Waals surface area contributed by atoms with Crippen LogP contribution in [0.5, 0.6) is 0 Å². The summed E-state index contributed by atoms with van der Waals surface area (Å²) < 4.78 is 5.06. The molecule has 140 valence electrons. The number of hydrogen-bond acceptors (Lipinski definition) is 5. The molecule has 0 aromatic rings. The van der Waals surface area contributed by atoms with Crippen LogP contribution >= 0.6 is 0 Å². The van der Waals surface area contributed by atoms with Gasteiger partial charge in [0.1, 0.15) is 5.68 Å². The number of aliphatic hydroxyl groups excluding tert-OH is 1. The molecule has 7 heteroatoms. The van der Waals surface area contributed by atoms with E-state index in [1.807, 2.05) is 20.8 Å². The third-order valence-electron chi connectivity index (χ3n) is 6.52. The highest BCUT2D eigenvalue weighted by atomic mass is 16.4. The van der Waals surface area contributed by atoms with Gasteiger partial charge in [-0.1, -0.05) is 20.8 Å². The number of rotatable bonds is 6. The fraction of sp³-hybridized carbons (Fsp3) is 0.889. The molecule has 2 aliphatic carbocycles. The minimum absolute atomic E-state index is 0.0205. The molecule has 3 aliphatic rings. The SMILES string of the molecule is CC(C)(C)[C@H](C(=O)BOCN)C(=O)N1C[C@@H]2CC3(CC3)C[C@@H]2[C@H]1CO. The molecule has 0 unspecified atom stereocenters. The Hall–Kier alpha value is -0.915. The van der Waals surface area contributed by atoms with E-state index in [-0.39, 0.29) is 38.5 Å². The first-order valence-corrected chi connectivity index (χ1v) is 9.44. The molecule has 2 saturated carbocycles. The lowest BCUT2D eigenvalue weighted by molar-refractivity contribution is -0.145. The molecule has 0 aromatic carbocycles. The molecule has 0 aromatic heterocycles. The van der Waals surface area contributed by atoms with Gasteiger partial charge in [-0.2, -0.15) is 0 Å². The number of nitrogens with zero attached hydrogens (tertiary/aromatic N) is 1. The fourth-order valence-electron chi connectivity index (χ4n) is 5.20. The summed E-state index contributed by atoms with van der Waals surface area (Å²) >= 11 is 0. The summed E-state index contributed by atoms with van der Waals surface area (Å²) in [6.45, 7) is 6.33. The number of hydrogen-bond donors (Lipinski definition) is 2. The third kappa shape index (κ3) is 3.51. The van der Waals surface area contributed by atoms with Crippen LogP contribution in [-0.2, 0) is 14.2 Å². The molecule has 1 aliphatic heterocycles. The van der Waals surface area contributed by atoms with Crippen LogP contribution in [0.1, 0.15) is 46.5 Å². The van der Waals surface area contributed by atoms with Gasteiger partial charge in [0.25, 0.3) is 0 Å². The molecule has 0 radical (unpaired) electrons. The number of carbonyl (C=O) groups excluding carboxylic acids is 2. The van der Waals surface area contributed by atoms with Crippen molar-refractivity contribution in [3.8, 4) is 0 Å². The molecule has 25 heavy (non-hydrogen) atoms. The fourth-order valence-corrected chi connectivity index (χ4v) is 5.20. The van der Waals surface area contributed by atoms with Gasteiger partial charge < -0.3 is 25.2 Å². The van der Waals surface area contributed by atoms with Crippen molar-refractivity contribution in [1.82, 2.24) is 4.90 Å². The second kappa shape index (κ2) is 6.67. The van der Waals surface area contributed by atoms with Crippen molar-refractivity contribution in [2.45, 2.75) is 52.5 Å². The van der Waals surface area contributed by atoms with Gasteiger partial charge in [0.15, 0.2) is 0 Å². The number of likely N-dealkylation sites (tertiary alicyclic amines) is 1. The van der Waals surface area contributed by atoms with Crippen LogP contribution in [0.3, 0.4) is 0 Å². The Morgan fingerprint density at radius 3 is 2.56 bits per heavy atom. The highest BCUT2D eigenvalue weighted by molar-refractivity contribution is 6.70. The van der Waals surface area contributed by atoms with Crippen LogP contribution < -0.4 is 5.73 Å². The predicted octanol–water partition coefficient (Wildman–Crippen LogP) is 0.469. The monoisotopic (exact) mass is 350 g/mol. The predicted molar refractivity (Wildman–Crippen MR) is 95.7 cm³/mol. The standard InChI is InChI=1S/C18H31BN2O4/c1-17(2,3)14(15(23)19-25-10-20)16(24)21-8-11-6-18(4-5-18)7-12(11)13(21)9-22/h11-14,19,22H,4-10,20H2,1-3H3/t11-,12-,13+,14+/m0/s1. The van der Waals surface area contributed by atoms with Gasteiger partial charge in [-0.15, -0.1) is 0 Å². The van der Waals surface area contributed by atoms with E-state index >= 15 is 0 Å². The first-order chi connectivity index (χ1) is 11.7. The summed E-state index contributed by atoms with van der Waals surface area (Å²) in [5.41, 5.74) is 5.10. The third-order valence-corrected chi connectivity index (χ3v) is 6.52. The topological polar surface area (TPSA) is 92.9 Å². The maximum Gasteiger partial charge on any atom is 0.353 e. The molecule has 1 spiro atoms. The average Bonchev–Trinajstić information content (AvgIpc) is 3.04. The molecule has 0 bridgehead atoms. The zero-order valence-corrected chi connectivity index (χ0v) is 15.7. The van der Waals surface area contributed by atoms with E-state index < -0.39 is 11.3 Å². The zero-order chi connectivity index (χ0) is 18.4. The molecule has 1 amide bonds. The van der Waals surface area contributed by atoms with E-state index in [4.69, 9.17) is 10.4 Å². The van der Waals surface area contributed by atoms with E-state index in [1.54, 1.807) is 4.90 Å². The molecular formula is C18H31BN2O4. The van der Waals surface area contributed by atoms with E-state index in [0.717, 1.165) is 6.42 Å². The van der Waals surface area contributed by atoms with Gasteiger partial charge in [0.05, 0.1) is 25.3 Å². The van der Waals surface area contributed by atoms with Crippen molar-refractivity contribution < 1.29 is 19.3 Å². The number of carbonyl (C=O) groups is 2. The van der Waals surface area contributed by atoms with Crippen LogP contribution in [-0.4, -0.2) is 55.0 Å². The number of nitrogens with two attached hydrogens (primary N) is 1. The van der Waals surface area contributed by atoms with Crippen molar-refractivity contribution in [3.63, 3.8) is 0 Å². The Labute approximate surface area is 150 Å². The van der Waals surface area contributed by atoms with Crippen molar-refractivity contribution >= 4 is 19.1 Å². The van der Waals surface area contributed by atoms with E-state index in [2.05, 4.69) is 0 Å². The summed E-state index contributed by atoms with van der Waals surface area (Å²) in [4.78, 5) is 27.7. The van der Waals surface area contributed by atoms with Gasteiger partial charge in [0.2, 0.25) is 5.91 Å². The number of amides is 1. The minimum atomic E-state index is -0.762. The van der Waals surface area contributed by atoms with Crippen molar-refractivity contribution in [1.29, 1.82) is 0 Å². The highest BCUT2D eigenvalue weighted by Crippen LogP contribution is 2.64. The molecule has 6 nitrogen and oxygen atoms in total. The van der Waals surface area contributed by atoms with Crippen LogP contribution in [0.25, 0.3) is 0 Å². The normalized spacial score (nSPS) is 31.1. The molecule has 1 heterocycles. The summed E-state index contributed by atoms with van der Waals surface area (Å²) in [6, 6.07) is -0.148. The second-order valence-corrected chi connectivity index (χ2v) is 9.35. The Morgan fingerprint density at radius 1 is 1.36 bits per heavy atom. The first kappa shape index (κ1) is 18.9. The van der Waals surface area contributed by atoms with Crippen molar-refractivity contribution in [3.05, 3.63) is 0 Å². The van der Waals surface area contributed by atoms with Crippen LogP contribution in [0.15, 0.2) is 0 Å². The van der Waals surface area contributed by atoms with E-state index in [0.29, 0.717) is 23.8 Å². The quantitative estimate of drug-likeness (QED) is 0.413. The maximum absolute atomic E-state index is 13.3. The van der Waals surface area contributed by atoms with Gasteiger partial charge >= 0.3 is 7.48 Å². The minimum Gasteiger partial charge on any atom is -0.419 e. The van der Waals surface area contributed by atoms with E-state index in [1.165, 1.54) is 19.3 Å². The van der Waals surface area contributed by atoms with Crippen LogP contribution in [0.4, 0.5) is 0 Å². The Morgan fingerprint density at radius 2 is 2.04 bits per heavy atom. The lowest BCUT2D eigenvalue weighted by Crippen LogP contribution is -2.50. The zero-order valence-electron chi connectivity index (χ0n) is 15.7. The average molecular weight is 350 g/mol.